The molecular weight excluding hydrogens is 543 g/mol. The van der Waals surface area contributed by atoms with Gasteiger partial charge in [0.25, 0.3) is 5.91 Å². The van der Waals surface area contributed by atoms with Gasteiger partial charge in [-0.05, 0) is 42.9 Å². The molecule has 0 bridgehead atoms. The van der Waals surface area contributed by atoms with Crippen LogP contribution in [0.1, 0.15) is 42.7 Å². The van der Waals surface area contributed by atoms with Gasteiger partial charge in [0.1, 0.15) is 0 Å². The van der Waals surface area contributed by atoms with Crippen molar-refractivity contribution < 1.29 is 18.0 Å². The number of aromatic nitrogens is 2. The van der Waals surface area contributed by atoms with Gasteiger partial charge in [-0.2, -0.15) is 0 Å². The minimum absolute atomic E-state index is 0. The third kappa shape index (κ3) is 9.34. The maximum atomic E-state index is 12.7. The number of aryl methyl sites for hydroxylation is 1. The summed E-state index contributed by atoms with van der Waals surface area (Å²) in [5.41, 5.74) is 22.9. The molecule has 2 amide bonds. The molecule has 0 aliphatic rings. The number of aliphatic imine (C=N–C) groups is 1. The number of carbonyl (C=O) groups is 2. The SMILES string of the molecule is CC(C)[C@H](CS(=O)(=O)c1ccc(CCCCN=C(N)NC(=O)c2nc(Cl)c(N)nc2N)cc1)C(N)=O.Cl. The quantitative estimate of drug-likeness (QED) is 0.148. The standard InChI is InChI=1S/C22H31ClN8O4S.ClH/c1-12(2)15(20(26)32)11-36(34,35)14-8-6-13(7-9-14)5-3-4-10-28-22(27)31-21(33)16-18(24)30-19(25)17(23)29-16;/h6-9,12,15H,3-5,10-11H2,1-2H3,(H2,26,32)(H4,24,25,30)(H3,27,28,31,33);1H/t15-;/m0./s1. The molecule has 0 fully saturated rings. The Bertz CT molecular complexity index is 1240. The number of nitrogens with one attached hydrogen (secondary N) is 1. The first kappa shape index (κ1) is 31.9. The Balaban J connectivity index is 0.00000684. The minimum Gasteiger partial charge on any atom is -0.382 e. The largest absolute Gasteiger partial charge is 0.382 e. The molecule has 12 nitrogen and oxygen atoms in total. The molecule has 2 rings (SSSR count). The highest BCUT2D eigenvalue weighted by atomic mass is 35.5. The van der Waals surface area contributed by atoms with E-state index in [4.69, 9.17) is 34.5 Å². The van der Waals surface area contributed by atoms with E-state index in [9.17, 15) is 18.0 Å². The van der Waals surface area contributed by atoms with E-state index < -0.39 is 27.6 Å². The van der Waals surface area contributed by atoms with Gasteiger partial charge in [-0.15, -0.1) is 12.4 Å². The van der Waals surface area contributed by atoms with E-state index in [0.717, 1.165) is 12.0 Å². The molecule has 0 radical (unpaired) electrons. The van der Waals surface area contributed by atoms with Crippen LogP contribution in [0.4, 0.5) is 11.6 Å². The van der Waals surface area contributed by atoms with Crippen molar-refractivity contribution >= 4 is 63.3 Å². The summed E-state index contributed by atoms with van der Waals surface area (Å²) >= 11 is 5.77. The Kier molecular flexibility index (Phi) is 12.0. The second kappa shape index (κ2) is 14.0. The Morgan fingerprint density at radius 2 is 1.68 bits per heavy atom. The lowest BCUT2D eigenvalue weighted by Crippen LogP contribution is -2.38. The number of carbonyl (C=O) groups excluding carboxylic acids is 2. The second-order valence-electron chi connectivity index (χ2n) is 8.49. The molecule has 1 atom stereocenters. The third-order valence-electron chi connectivity index (χ3n) is 5.37. The number of rotatable bonds is 11. The zero-order valence-electron chi connectivity index (χ0n) is 20.5. The summed E-state index contributed by atoms with van der Waals surface area (Å²) in [5, 5.41) is 2.21. The van der Waals surface area contributed by atoms with Crippen LogP contribution in [0, 0.1) is 11.8 Å². The van der Waals surface area contributed by atoms with Crippen molar-refractivity contribution in [2.45, 2.75) is 38.0 Å². The maximum absolute atomic E-state index is 12.7. The number of sulfone groups is 1. The minimum atomic E-state index is -3.64. The van der Waals surface area contributed by atoms with Crippen molar-refractivity contribution in [3.63, 3.8) is 0 Å². The molecule has 0 unspecified atom stereocenters. The number of nitrogens with two attached hydrogens (primary N) is 4. The number of primary amides is 1. The van der Waals surface area contributed by atoms with Crippen LogP contribution < -0.4 is 28.3 Å². The van der Waals surface area contributed by atoms with E-state index in [-0.39, 0.29) is 57.4 Å². The first-order chi connectivity index (χ1) is 16.8. The average Bonchev–Trinajstić information content (AvgIpc) is 2.79. The van der Waals surface area contributed by atoms with Gasteiger partial charge in [0.15, 0.2) is 38.3 Å². The third-order valence-corrected chi connectivity index (χ3v) is 7.44. The molecule has 0 aliphatic heterocycles. The Morgan fingerprint density at radius 3 is 2.24 bits per heavy atom. The normalized spacial score (nSPS) is 12.6. The number of nitrogen functional groups attached to an aromatic ring is 2. The molecule has 0 saturated heterocycles. The molecule has 15 heteroatoms. The van der Waals surface area contributed by atoms with Crippen LogP contribution in [0.5, 0.6) is 0 Å². The highest BCUT2D eigenvalue weighted by Crippen LogP contribution is 2.20. The molecular formula is C22H32Cl2N8O4S. The van der Waals surface area contributed by atoms with E-state index in [1.54, 1.807) is 26.0 Å². The van der Waals surface area contributed by atoms with Crippen LogP contribution in [-0.4, -0.2) is 48.5 Å². The molecule has 9 N–H and O–H groups in total. The van der Waals surface area contributed by atoms with Crippen molar-refractivity contribution in [1.82, 2.24) is 15.3 Å². The number of guanidine groups is 1. The lowest BCUT2D eigenvalue weighted by Gasteiger charge is -2.17. The van der Waals surface area contributed by atoms with E-state index in [1.807, 2.05) is 0 Å². The Hall–Kier alpha value is -3.16. The first-order valence-electron chi connectivity index (χ1n) is 11.1. The fourth-order valence-corrected chi connectivity index (χ4v) is 5.16. The molecule has 1 aromatic carbocycles. The summed E-state index contributed by atoms with van der Waals surface area (Å²) in [7, 11) is -3.64. The summed E-state index contributed by atoms with van der Waals surface area (Å²) < 4.78 is 25.3. The monoisotopic (exact) mass is 574 g/mol. The lowest BCUT2D eigenvalue weighted by atomic mass is 9.98. The molecule has 1 heterocycles. The molecule has 1 aromatic heterocycles. The van der Waals surface area contributed by atoms with Crippen LogP contribution in [0.2, 0.25) is 5.15 Å². The predicted molar refractivity (Wildman–Crippen MR) is 146 cm³/mol. The molecule has 0 aliphatic carbocycles. The van der Waals surface area contributed by atoms with Crippen molar-refractivity contribution in [2.75, 3.05) is 23.8 Å². The maximum Gasteiger partial charge on any atom is 0.280 e. The Morgan fingerprint density at radius 1 is 1.05 bits per heavy atom. The van der Waals surface area contributed by atoms with Gasteiger partial charge in [0.2, 0.25) is 5.91 Å². The van der Waals surface area contributed by atoms with Gasteiger partial charge in [0, 0.05) is 6.54 Å². The van der Waals surface area contributed by atoms with E-state index >= 15 is 0 Å². The smallest absolute Gasteiger partial charge is 0.280 e. The number of benzene rings is 1. The van der Waals surface area contributed by atoms with Gasteiger partial charge >= 0.3 is 0 Å². The molecule has 0 spiro atoms. The topological polar surface area (TPSA) is 223 Å². The molecule has 2 aromatic rings. The number of hydrogen-bond donors (Lipinski definition) is 5. The molecule has 37 heavy (non-hydrogen) atoms. The summed E-state index contributed by atoms with van der Waals surface area (Å²) in [5.74, 6) is -2.97. The zero-order chi connectivity index (χ0) is 27.0. The molecule has 0 saturated carbocycles. The van der Waals surface area contributed by atoms with Crippen molar-refractivity contribution in [3.05, 3.63) is 40.7 Å². The van der Waals surface area contributed by atoms with E-state index in [0.29, 0.717) is 19.4 Å². The predicted octanol–water partition coefficient (Wildman–Crippen LogP) is 1.31. The number of nitrogens with zero attached hydrogens (tertiary/aromatic N) is 3. The fraction of sp³-hybridized carbons (Fsp3) is 0.409. The van der Waals surface area contributed by atoms with Crippen LogP contribution in [-0.2, 0) is 21.1 Å². The number of amides is 2. The zero-order valence-corrected chi connectivity index (χ0v) is 22.9. The second-order valence-corrected chi connectivity index (χ2v) is 10.9. The summed E-state index contributed by atoms with van der Waals surface area (Å²) in [6.07, 6.45) is 2.11. The van der Waals surface area contributed by atoms with Crippen molar-refractivity contribution in [3.8, 4) is 0 Å². The van der Waals surface area contributed by atoms with Crippen LogP contribution >= 0.6 is 24.0 Å². The number of halogens is 2. The van der Waals surface area contributed by atoms with E-state index in [2.05, 4.69) is 20.3 Å². The van der Waals surface area contributed by atoms with Gasteiger partial charge in [-0.1, -0.05) is 37.6 Å². The van der Waals surface area contributed by atoms with Crippen molar-refractivity contribution in [2.24, 2.45) is 28.3 Å². The highest BCUT2D eigenvalue weighted by Gasteiger charge is 2.27. The van der Waals surface area contributed by atoms with Crippen LogP contribution in [0.15, 0.2) is 34.2 Å². The van der Waals surface area contributed by atoms with E-state index in [1.165, 1.54) is 12.1 Å². The Labute approximate surface area is 227 Å². The number of unbranched alkanes of at least 4 members (excludes halogenated alkanes) is 1. The summed E-state index contributed by atoms with van der Waals surface area (Å²) in [4.78, 5) is 35.6. The number of hydrogen-bond acceptors (Lipinski definition) is 9. The van der Waals surface area contributed by atoms with Gasteiger partial charge in [-0.25, -0.2) is 18.4 Å². The van der Waals surface area contributed by atoms with Gasteiger partial charge in [0.05, 0.1) is 16.6 Å². The summed E-state index contributed by atoms with van der Waals surface area (Å²) in [6, 6.07) is 6.55. The van der Waals surface area contributed by atoms with Gasteiger partial charge in [-0.3, -0.25) is 19.9 Å². The first-order valence-corrected chi connectivity index (χ1v) is 13.2. The average molecular weight is 576 g/mol. The summed E-state index contributed by atoms with van der Waals surface area (Å²) in [6.45, 7) is 3.88. The van der Waals surface area contributed by atoms with Gasteiger partial charge < -0.3 is 22.9 Å². The van der Waals surface area contributed by atoms with Crippen LogP contribution in [0.3, 0.4) is 0 Å². The molecule has 204 valence electrons. The number of anilines is 2. The van der Waals surface area contributed by atoms with Crippen molar-refractivity contribution in [1.29, 1.82) is 0 Å². The fourth-order valence-electron chi connectivity index (χ4n) is 3.26. The highest BCUT2D eigenvalue weighted by molar-refractivity contribution is 7.91. The van der Waals surface area contributed by atoms with Crippen LogP contribution in [0.25, 0.3) is 0 Å². The lowest BCUT2D eigenvalue weighted by molar-refractivity contribution is -0.122.